The Bertz CT molecular complexity index is 991. The molecule has 1 aromatic heterocycles. The van der Waals surface area contributed by atoms with Crippen LogP contribution in [0.4, 0.5) is 47.8 Å². The lowest BCUT2D eigenvalue weighted by atomic mass is 10.0. The summed E-state index contributed by atoms with van der Waals surface area (Å²) < 4.78 is 62.0. The van der Waals surface area contributed by atoms with Gasteiger partial charge in [-0.1, -0.05) is 0 Å². The van der Waals surface area contributed by atoms with Crippen LogP contribution < -0.4 is 20.7 Å². The predicted octanol–water partition coefficient (Wildman–Crippen LogP) is 2.85. The fraction of sp³-hybridized carbons (Fsp3) is 0.400. The Morgan fingerprint density at radius 2 is 1.97 bits per heavy atom. The molecule has 158 valence electrons. The zero-order chi connectivity index (χ0) is 21.5. The van der Waals surface area contributed by atoms with Crippen molar-refractivity contribution in [1.29, 1.82) is 0 Å². The summed E-state index contributed by atoms with van der Waals surface area (Å²) >= 11 is -3.37. The molecule has 1 unspecified atom stereocenters. The Labute approximate surface area is 166 Å². The molecule has 0 fully saturated rings. The van der Waals surface area contributed by atoms with Gasteiger partial charge in [0.1, 0.15) is 11.5 Å². The highest BCUT2D eigenvalue weighted by atomic mass is 32.2. The SMILES string of the molecule is CN1CCCc2cc(N=Nc3nc(N)c(N)n3C)c(N(S(=O)O)C(F)(F)F)cc21. The van der Waals surface area contributed by atoms with Gasteiger partial charge in [-0.2, -0.15) is 9.29 Å². The van der Waals surface area contributed by atoms with Crippen LogP contribution in [-0.2, 0) is 24.7 Å². The quantitative estimate of drug-likeness (QED) is 0.386. The maximum absolute atomic E-state index is 13.5. The monoisotopic (exact) mass is 432 g/mol. The van der Waals surface area contributed by atoms with Crippen LogP contribution in [0, 0.1) is 0 Å². The van der Waals surface area contributed by atoms with Crippen LogP contribution in [-0.4, -0.2) is 38.2 Å². The van der Waals surface area contributed by atoms with Gasteiger partial charge in [0, 0.05) is 26.3 Å². The largest absolute Gasteiger partial charge is 0.498 e. The third kappa shape index (κ3) is 3.98. The van der Waals surface area contributed by atoms with E-state index in [9.17, 15) is 21.9 Å². The summed E-state index contributed by atoms with van der Waals surface area (Å²) in [6.07, 6.45) is -3.69. The van der Waals surface area contributed by atoms with Crippen molar-refractivity contribution in [2.75, 3.05) is 34.3 Å². The summed E-state index contributed by atoms with van der Waals surface area (Å²) in [4.78, 5) is 5.66. The van der Waals surface area contributed by atoms with Crippen LogP contribution in [0.3, 0.4) is 0 Å². The number of rotatable bonds is 4. The van der Waals surface area contributed by atoms with Gasteiger partial charge >= 0.3 is 6.30 Å². The van der Waals surface area contributed by atoms with Crippen molar-refractivity contribution in [2.24, 2.45) is 17.3 Å². The fourth-order valence-corrected chi connectivity index (χ4v) is 3.54. The Kier molecular flexibility index (Phi) is 5.40. The van der Waals surface area contributed by atoms with Crippen LogP contribution in [0.2, 0.25) is 0 Å². The zero-order valence-corrected chi connectivity index (χ0v) is 16.3. The van der Waals surface area contributed by atoms with Crippen molar-refractivity contribution in [2.45, 2.75) is 19.1 Å². The number of aryl methyl sites for hydroxylation is 1. The van der Waals surface area contributed by atoms with Gasteiger partial charge in [-0.25, -0.2) is 4.21 Å². The molecular weight excluding hydrogens is 413 g/mol. The van der Waals surface area contributed by atoms with Gasteiger partial charge in [0.05, 0.1) is 5.69 Å². The number of nitrogens with two attached hydrogens (primary N) is 2. The van der Waals surface area contributed by atoms with Crippen LogP contribution in [0.1, 0.15) is 12.0 Å². The molecule has 0 saturated carbocycles. The number of aromatic nitrogens is 2. The van der Waals surface area contributed by atoms with E-state index in [0.29, 0.717) is 18.7 Å². The molecule has 0 spiro atoms. The Morgan fingerprint density at radius 3 is 2.52 bits per heavy atom. The molecule has 0 bridgehead atoms. The number of alkyl halides is 3. The molecule has 3 rings (SSSR count). The van der Waals surface area contributed by atoms with E-state index >= 15 is 0 Å². The van der Waals surface area contributed by atoms with Gasteiger partial charge in [-0.05, 0) is 30.5 Å². The van der Waals surface area contributed by atoms with Gasteiger partial charge in [-0.15, -0.1) is 23.4 Å². The first-order valence-electron chi connectivity index (χ1n) is 8.36. The van der Waals surface area contributed by atoms with Crippen LogP contribution in [0.5, 0.6) is 0 Å². The van der Waals surface area contributed by atoms with E-state index in [-0.39, 0.29) is 23.3 Å². The minimum atomic E-state index is -5.12. The average molecular weight is 432 g/mol. The third-order valence-corrected chi connectivity index (χ3v) is 5.24. The minimum Gasteiger partial charge on any atom is -0.382 e. The average Bonchev–Trinajstić information content (AvgIpc) is 2.86. The van der Waals surface area contributed by atoms with Gasteiger partial charge < -0.3 is 16.4 Å². The smallest absolute Gasteiger partial charge is 0.382 e. The number of azo groups is 1. The number of fused-ring (bicyclic) bond motifs is 1. The van der Waals surface area contributed by atoms with Crippen LogP contribution in [0.15, 0.2) is 22.4 Å². The molecule has 1 aromatic carbocycles. The standard InChI is InChI=1S/C15H19F3N8O2S/c1-24-5-3-4-8-6-9(22-23-14-21-12(19)13(20)25(14)2)11(7-10(8)24)26(29(27)28)15(16,17)18/h6-7H,3-5,19-20H2,1-2H3,(H,27,28). The molecule has 5 N–H and O–H groups in total. The van der Waals surface area contributed by atoms with E-state index in [1.165, 1.54) is 23.7 Å². The normalized spacial score (nSPS) is 15.6. The summed E-state index contributed by atoms with van der Waals surface area (Å²) in [5.74, 6) is 0.103. The molecule has 0 aliphatic carbocycles. The maximum Gasteiger partial charge on any atom is 0.498 e. The van der Waals surface area contributed by atoms with Gasteiger partial charge in [0.15, 0.2) is 5.82 Å². The molecule has 0 radical (unpaired) electrons. The van der Waals surface area contributed by atoms with E-state index in [1.54, 1.807) is 11.9 Å². The summed E-state index contributed by atoms with van der Waals surface area (Å²) in [5, 5.41) is 7.71. The van der Waals surface area contributed by atoms with Crippen LogP contribution in [0.25, 0.3) is 0 Å². The predicted molar refractivity (Wildman–Crippen MR) is 104 cm³/mol. The first-order valence-corrected chi connectivity index (χ1v) is 9.42. The summed E-state index contributed by atoms with van der Waals surface area (Å²) in [6, 6.07) is 2.61. The second-order valence-corrected chi connectivity index (χ2v) is 7.26. The van der Waals surface area contributed by atoms with Crippen molar-refractivity contribution >= 4 is 45.9 Å². The molecule has 1 aliphatic heterocycles. The molecule has 0 saturated heterocycles. The highest BCUT2D eigenvalue weighted by Crippen LogP contribution is 2.43. The Hall–Kier alpha value is -2.87. The molecule has 1 aliphatic rings. The van der Waals surface area contributed by atoms with E-state index in [4.69, 9.17) is 11.5 Å². The van der Waals surface area contributed by atoms with Crippen molar-refractivity contribution in [3.8, 4) is 0 Å². The molecule has 14 heteroatoms. The highest BCUT2D eigenvalue weighted by molar-refractivity contribution is 7.80. The molecule has 2 aromatic rings. The Balaban J connectivity index is 2.17. The molecule has 10 nitrogen and oxygen atoms in total. The van der Waals surface area contributed by atoms with Crippen molar-refractivity contribution in [3.63, 3.8) is 0 Å². The number of hydrogen-bond donors (Lipinski definition) is 3. The molecule has 0 amide bonds. The number of imidazole rings is 1. The lowest BCUT2D eigenvalue weighted by Crippen LogP contribution is -2.39. The first kappa shape index (κ1) is 20.9. The Morgan fingerprint density at radius 1 is 1.28 bits per heavy atom. The van der Waals surface area contributed by atoms with Gasteiger partial charge in [0.2, 0.25) is 0 Å². The number of halogens is 3. The topological polar surface area (TPSA) is 138 Å². The minimum absolute atomic E-state index is 0.00196. The van der Waals surface area contributed by atoms with Gasteiger partial charge in [-0.3, -0.25) is 9.12 Å². The van der Waals surface area contributed by atoms with E-state index in [0.717, 1.165) is 12.0 Å². The fourth-order valence-electron chi connectivity index (χ4n) is 3.05. The maximum atomic E-state index is 13.5. The van der Waals surface area contributed by atoms with Crippen molar-refractivity contribution in [1.82, 2.24) is 9.55 Å². The lowest BCUT2D eigenvalue weighted by Gasteiger charge is -2.30. The summed E-state index contributed by atoms with van der Waals surface area (Å²) in [7, 11) is 3.25. The number of benzene rings is 1. The van der Waals surface area contributed by atoms with Crippen molar-refractivity contribution < 1.29 is 21.9 Å². The summed E-state index contributed by atoms with van der Waals surface area (Å²) in [5.41, 5.74) is 11.7. The van der Waals surface area contributed by atoms with Gasteiger partial charge in [0.25, 0.3) is 17.2 Å². The van der Waals surface area contributed by atoms with Crippen molar-refractivity contribution in [3.05, 3.63) is 17.7 Å². The number of nitrogen functional groups attached to an aromatic ring is 2. The summed E-state index contributed by atoms with van der Waals surface area (Å²) in [6.45, 7) is 0.646. The van der Waals surface area contributed by atoms with E-state index < -0.39 is 27.6 Å². The van der Waals surface area contributed by atoms with E-state index in [2.05, 4.69) is 15.2 Å². The second-order valence-electron chi connectivity index (χ2n) is 6.43. The number of hydrogen-bond acceptors (Lipinski definition) is 7. The molecule has 2 heterocycles. The number of anilines is 4. The highest BCUT2D eigenvalue weighted by Gasteiger charge is 2.43. The third-order valence-electron chi connectivity index (χ3n) is 4.52. The first-order chi connectivity index (χ1) is 13.5. The van der Waals surface area contributed by atoms with Crippen LogP contribution >= 0.6 is 0 Å². The lowest BCUT2D eigenvalue weighted by molar-refractivity contribution is -0.115. The number of nitrogens with zero attached hydrogens (tertiary/aromatic N) is 6. The zero-order valence-electron chi connectivity index (χ0n) is 15.5. The second kappa shape index (κ2) is 7.51. The molecular formula is C15H19F3N8O2S. The molecule has 1 atom stereocenters. The van der Waals surface area contributed by atoms with E-state index in [1.807, 2.05) is 0 Å². The molecule has 29 heavy (non-hydrogen) atoms.